The second kappa shape index (κ2) is 7.31. The van der Waals surface area contributed by atoms with Crippen molar-refractivity contribution in [3.63, 3.8) is 0 Å². The molecule has 0 saturated carbocycles. The first kappa shape index (κ1) is 21.5. The lowest BCUT2D eigenvalue weighted by atomic mass is 9.71. The Morgan fingerprint density at radius 1 is 0.889 bits per heavy atom. The van der Waals surface area contributed by atoms with E-state index in [4.69, 9.17) is 23.2 Å². The van der Waals surface area contributed by atoms with E-state index < -0.39 is 52.2 Å². The van der Waals surface area contributed by atoms with E-state index >= 15 is 0 Å². The molecule has 0 saturated heterocycles. The normalized spacial score (nSPS) is 17.3. The fraction of sp³-hybridized carbons (Fsp3) is 0.294. The summed E-state index contributed by atoms with van der Waals surface area (Å²) < 4.78 is 79.8. The van der Waals surface area contributed by atoms with E-state index in [0.717, 1.165) is 6.08 Å². The molecule has 2 rings (SSSR count). The molecule has 0 spiro atoms. The van der Waals surface area contributed by atoms with E-state index in [1.54, 1.807) is 0 Å². The van der Waals surface area contributed by atoms with Crippen LogP contribution < -0.4 is 0 Å². The first-order chi connectivity index (χ1) is 12.3. The van der Waals surface area contributed by atoms with Crippen molar-refractivity contribution in [2.24, 2.45) is 5.41 Å². The Morgan fingerprint density at radius 3 is 1.78 bits per heavy atom. The van der Waals surface area contributed by atoms with Crippen LogP contribution in [0.5, 0.6) is 0 Å². The molecule has 0 radical (unpaired) electrons. The molecule has 27 heavy (non-hydrogen) atoms. The van der Waals surface area contributed by atoms with Gasteiger partial charge in [0.15, 0.2) is 0 Å². The molecule has 1 aromatic carbocycles. The van der Waals surface area contributed by atoms with E-state index in [-0.39, 0.29) is 11.1 Å². The van der Waals surface area contributed by atoms with Crippen molar-refractivity contribution in [2.75, 3.05) is 0 Å². The van der Waals surface area contributed by atoms with E-state index in [1.165, 1.54) is 30.3 Å². The average molecular weight is 431 g/mol. The summed E-state index contributed by atoms with van der Waals surface area (Å²) in [5.74, 6) is 0. The van der Waals surface area contributed by atoms with Crippen LogP contribution in [0.1, 0.15) is 18.4 Å². The Hall–Kier alpha value is -1.80. The molecular weight excluding hydrogens is 421 g/mol. The van der Waals surface area contributed by atoms with E-state index in [1.807, 2.05) is 0 Å². The number of alkyl halides is 6. The Balaban J connectivity index is 2.87. The highest BCUT2D eigenvalue weighted by Crippen LogP contribution is 2.51. The SMILES string of the molecule is O=C(Cl)C1(C(=O)Cl)CC=C(c2ccccc2)C(=C(C(F)(F)F)C(F)(F)F)C1. The maximum absolute atomic E-state index is 13.3. The average Bonchev–Trinajstić information content (AvgIpc) is 2.52. The Kier molecular flexibility index (Phi) is 5.82. The number of benzene rings is 1. The highest BCUT2D eigenvalue weighted by Gasteiger charge is 2.56. The van der Waals surface area contributed by atoms with Crippen LogP contribution in [0.25, 0.3) is 5.57 Å². The van der Waals surface area contributed by atoms with Crippen molar-refractivity contribution >= 4 is 39.3 Å². The lowest BCUT2D eigenvalue weighted by Gasteiger charge is -2.34. The molecular formula is C17H10Cl2F6O2. The number of hydrogen-bond acceptors (Lipinski definition) is 2. The number of carbonyl (C=O) groups excluding carboxylic acids is 2. The fourth-order valence-electron chi connectivity index (χ4n) is 2.88. The van der Waals surface area contributed by atoms with E-state index in [9.17, 15) is 35.9 Å². The van der Waals surface area contributed by atoms with Gasteiger partial charge in [-0.25, -0.2) is 0 Å². The summed E-state index contributed by atoms with van der Waals surface area (Å²) in [7, 11) is 0. The van der Waals surface area contributed by atoms with Gasteiger partial charge in [-0.2, -0.15) is 26.3 Å². The largest absolute Gasteiger partial charge is 0.421 e. The molecule has 2 nitrogen and oxygen atoms in total. The maximum atomic E-state index is 13.3. The minimum absolute atomic E-state index is 0.0659. The molecule has 1 aliphatic carbocycles. The van der Waals surface area contributed by atoms with Gasteiger partial charge >= 0.3 is 12.4 Å². The molecule has 0 fully saturated rings. The number of allylic oxidation sites excluding steroid dienone is 4. The van der Waals surface area contributed by atoms with Gasteiger partial charge in [0, 0.05) is 0 Å². The zero-order valence-electron chi connectivity index (χ0n) is 13.2. The van der Waals surface area contributed by atoms with Crippen LogP contribution >= 0.6 is 23.2 Å². The maximum Gasteiger partial charge on any atom is 0.421 e. The predicted octanol–water partition coefficient (Wildman–Crippen LogP) is 5.80. The molecule has 10 heteroatoms. The molecule has 0 atom stereocenters. The van der Waals surface area contributed by atoms with Crippen LogP contribution in [0.2, 0.25) is 0 Å². The van der Waals surface area contributed by atoms with Crippen LogP contribution in [0.4, 0.5) is 26.3 Å². The highest BCUT2D eigenvalue weighted by atomic mass is 35.5. The van der Waals surface area contributed by atoms with Crippen LogP contribution in [0, 0.1) is 5.41 Å². The van der Waals surface area contributed by atoms with Gasteiger partial charge < -0.3 is 0 Å². The molecule has 0 aromatic heterocycles. The van der Waals surface area contributed by atoms with Gasteiger partial charge in [-0.05, 0) is 52.8 Å². The predicted molar refractivity (Wildman–Crippen MR) is 86.9 cm³/mol. The summed E-state index contributed by atoms with van der Waals surface area (Å²) >= 11 is 10.7. The van der Waals surface area contributed by atoms with Crippen molar-refractivity contribution in [1.82, 2.24) is 0 Å². The molecule has 0 unspecified atom stereocenters. The number of halogens is 8. The molecule has 0 aliphatic heterocycles. The summed E-state index contributed by atoms with van der Waals surface area (Å²) in [5, 5.41) is -2.85. The second-order valence-electron chi connectivity index (χ2n) is 5.84. The first-order valence-electron chi connectivity index (χ1n) is 7.34. The zero-order valence-corrected chi connectivity index (χ0v) is 14.7. The van der Waals surface area contributed by atoms with Crippen molar-refractivity contribution in [2.45, 2.75) is 25.2 Å². The van der Waals surface area contributed by atoms with Crippen molar-refractivity contribution in [3.05, 3.63) is 53.1 Å². The van der Waals surface area contributed by atoms with Crippen molar-refractivity contribution in [3.8, 4) is 0 Å². The van der Waals surface area contributed by atoms with Gasteiger partial charge in [-0.15, -0.1) is 0 Å². The molecule has 0 heterocycles. The fourth-order valence-corrected chi connectivity index (χ4v) is 3.39. The van der Waals surface area contributed by atoms with Gasteiger partial charge in [0.1, 0.15) is 11.0 Å². The summed E-state index contributed by atoms with van der Waals surface area (Å²) in [6, 6.07) is 7.01. The minimum atomic E-state index is -5.78. The Labute approximate surface area is 159 Å². The topological polar surface area (TPSA) is 34.1 Å². The second-order valence-corrected chi connectivity index (χ2v) is 6.53. The monoisotopic (exact) mass is 430 g/mol. The van der Waals surface area contributed by atoms with Gasteiger partial charge in [-0.3, -0.25) is 9.59 Å². The van der Waals surface area contributed by atoms with Crippen LogP contribution in [-0.4, -0.2) is 22.8 Å². The lowest BCUT2D eigenvalue weighted by Crippen LogP contribution is -2.38. The molecule has 0 N–H and O–H groups in total. The third kappa shape index (κ3) is 4.21. The first-order valence-corrected chi connectivity index (χ1v) is 8.09. The number of hydrogen-bond donors (Lipinski definition) is 0. The standard InChI is InChI=1S/C17H10Cl2F6O2/c18-13(26)15(14(19)27)7-6-10(9-4-2-1-3-5-9)11(8-15)12(16(20,21)22)17(23,24)25/h1-6H,7-8H2. The molecule has 0 amide bonds. The van der Waals surface area contributed by atoms with Crippen molar-refractivity contribution < 1.29 is 35.9 Å². The Morgan fingerprint density at radius 2 is 1.37 bits per heavy atom. The third-order valence-corrected chi connectivity index (χ3v) is 4.89. The highest BCUT2D eigenvalue weighted by molar-refractivity contribution is 6.74. The third-order valence-electron chi connectivity index (χ3n) is 4.16. The summed E-state index contributed by atoms with van der Waals surface area (Å²) in [5.41, 5.74) is -6.78. The van der Waals surface area contributed by atoms with E-state index in [0.29, 0.717) is 0 Å². The van der Waals surface area contributed by atoms with Gasteiger partial charge in [0.05, 0.1) is 0 Å². The van der Waals surface area contributed by atoms with Gasteiger partial charge in [0.2, 0.25) is 10.5 Å². The molecule has 1 aromatic rings. The van der Waals surface area contributed by atoms with Crippen LogP contribution in [0.3, 0.4) is 0 Å². The smallest absolute Gasteiger partial charge is 0.280 e. The number of carbonyl (C=O) groups is 2. The molecule has 1 aliphatic rings. The molecule has 0 bridgehead atoms. The summed E-state index contributed by atoms with van der Waals surface area (Å²) in [4.78, 5) is 23.4. The minimum Gasteiger partial charge on any atom is -0.280 e. The van der Waals surface area contributed by atoms with Gasteiger partial charge in [-0.1, -0.05) is 36.4 Å². The number of rotatable bonds is 3. The zero-order chi connectivity index (χ0) is 20.6. The van der Waals surface area contributed by atoms with Crippen LogP contribution in [0.15, 0.2) is 47.6 Å². The van der Waals surface area contributed by atoms with Crippen LogP contribution in [-0.2, 0) is 9.59 Å². The van der Waals surface area contributed by atoms with Crippen molar-refractivity contribution in [1.29, 1.82) is 0 Å². The summed E-state index contributed by atoms with van der Waals surface area (Å²) in [6.07, 6.45) is -12.3. The Bertz CT molecular complexity index is 792. The lowest BCUT2D eigenvalue weighted by molar-refractivity contribution is -0.173. The quantitative estimate of drug-likeness (QED) is 0.344. The summed E-state index contributed by atoms with van der Waals surface area (Å²) in [6.45, 7) is 0. The van der Waals surface area contributed by atoms with E-state index in [2.05, 4.69) is 0 Å². The molecule has 146 valence electrons. The van der Waals surface area contributed by atoms with Gasteiger partial charge in [0.25, 0.3) is 0 Å².